The highest BCUT2D eigenvalue weighted by Crippen LogP contribution is 2.47. The maximum atomic E-state index is 13.6. The maximum Gasteiger partial charge on any atom is 0.303 e. The molecule has 5 nitrogen and oxygen atoms in total. The number of benzene rings is 4. The van der Waals surface area contributed by atoms with Crippen molar-refractivity contribution >= 4 is 17.6 Å². The molecule has 5 rings (SSSR count). The molecule has 39 heavy (non-hydrogen) atoms. The number of hydrogen-bond acceptors (Lipinski definition) is 4. The molecule has 4 aromatic carbocycles. The summed E-state index contributed by atoms with van der Waals surface area (Å²) in [7, 11) is 0. The largest absolute Gasteiger partial charge is 0.508 e. The van der Waals surface area contributed by atoms with Gasteiger partial charge >= 0.3 is 5.97 Å². The Labute approximate surface area is 225 Å². The molecule has 0 radical (unpaired) electrons. The van der Waals surface area contributed by atoms with Gasteiger partial charge in [0.1, 0.15) is 23.5 Å². The van der Waals surface area contributed by atoms with E-state index in [-0.39, 0.29) is 23.5 Å². The molecule has 0 spiro atoms. The van der Waals surface area contributed by atoms with Crippen LogP contribution in [0, 0.1) is 17.6 Å². The molecule has 0 saturated carbocycles. The van der Waals surface area contributed by atoms with E-state index in [1.165, 1.54) is 31.2 Å². The number of amides is 1. The molecule has 1 amide bonds. The Balaban J connectivity index is 1.42. The summed E-state index contributed by atoms with van der Waals surface area (Å²) in [5, 5.41) is 9.84. The third kappa shape index (κ3) is 5.67. The first kappa shape index (κ1) is 26.1. The van der Waals surface area contributed by atoms with Crippen molar-refractivity contribution in [1.29, 1.82) is 0 Å². The maximum absolute atomic E-state index is 13.6. The number of esters is 1. The lowest BCUT2D eigenvalue weighted by atomic mass is 9.78. The van der Waals surface area contributed by atoms with Gasteiger partial charge < -0.3 is 14.7 Å². The lowest BCUT2D eigenvalue weighted by Crippen LogP contribution is -2.55. The molecule has 1 aliphatic heterocycles. The lowest BCUT2D eigenvalue weighted by molar-refractivity contribution is -0.147. The SMILES string of the molecule is CC(=O)OC(CC[C@H]1C(=O)N(c2ccc(F)cc2)[C@@H]1c1ccc(-c2cccc(O)c2)cc1)c1ccc(F)cc1. The summed E-state index contributed by atoms with van der Waals surface area (Å²) in [6.45, 7) is 1.32. The third-order valence-corrected chi connectivity index (χ3v) is 7.04. The monoisotopic (exact) mass is 527 g/mol. The Morgan fingerprint density at radius 2 is 1.54 bits per heavy atom. The molecule has 1 unspecified atom stereocenters. The fourth-order valence-electron chi connectivity index (χ4n) is 5.16. The first-order valence-electron chi connectivity index (χ1n) is 12.7. The summed E-state index contributed by atoms with van der Waals surface area (Å²) in [5.41, 5.74) is 3.92. The van der Waals surface area contributed by atoms with Gasteiger partial charge in [0, 0.05) is 12.6 Å². The van der Waals surface area contributed by atoms with Crippen molar-refractivity contribution in [3.8, 4) is 16.9 Å². The highest BCUT2D eigenvalue weighted by atomic mass is 19.1. The minimum Gasteiger partial charge on any atom is -0.508 e. The number of ether oxygens (including phenoxy) is 1. The summed E-state index contributed by atoms with van der Waals surface area (Å²) in [6, 6.07) is 26.0. The summed E-state index contributed by atoms with van der Waals surface area (Å²) in [6.07, 6.45) is 0.172. The summed E-state index contributed by atoms with van der Waals surface area (Å²) in [4.78, 5) is 26.9. The number of aromatic hydroxyl groups is 1. The molecule has 1 heterocycles. The van der Waals surface area contributed by atoms with Gasteiger partial charge in [-0.2, -0.15) is 0 Å². The number of anilines is 1. The minimum atomic E-state index is -0.621. The second-order valence-electron chi connectivity index (χ2n) is 9.64. The summed E-state index contributed by atoms with van der Waals surface area (Å²) in [5.74, 6) is -1.58. The molecule has 1 fully saturated rings. The zero-order valence-electron chi connectivity index (χ0n) is 21.3. The quantitative estimate of drug-likeness (QED) is 0.196. The van der Waals surface area contributed by atoms with Crippen molar-refractivity contribution in [3.63, 3.8) is 0 Å². The van der Waals surface area contributed by atoms with E-state index in [4.69, 9.17) is 4.74 Å². The Bertz CT molecular complexity index is 1470. The minimum absolute atomic E-state index is 0.107. The number of carbonyl (C=O) groups is 2. The number of nitrogens with zero attached hydrogens (tertiary/aromatic N) is 1. The number of phenolic OH excluding ortho intramolecular Hbond substituents is 1. The fourth-order valence-corrected chi connectivity index (χ4v) is 5.16. The highest BCUT2D eigenvalue weighted by Gasteiger charge is 2.48. The molecule has 1 aliphatic rings. The van der Waals surface area contributed by atoms with Gasteiger partial charge in [-0.15, -0.1) is 0 Å². The van der Waals surface area contributed by atoms with Crippen molar-refractivity contribution < 1.29 is 28.2 Å². The third-order valence-electron chi connectivity index (χ3n) is 7.04. The van der Waals surface area contributed by atoms with Gasteiger partial charge in [-0.25, -0.2) is 8.78 Å². The molecule has 4 aromatic rings. The van der Waals surface area contributed by atoms with Crippen LogP contribution in [-0.2, 0) is 14.3 Å². The van der Waals surface area contributed by atoms with Crippen molar-refractivity contribution in [2.24, 2.45) is 5.92 Å². The predicted molar refractivity (Wildman–Crippen MR) is 144 cm³/mol. The van der Waals surface area contributed by atoms with Gasteiger partial charge in [-0.1, -0.05) is 48.5 Å². The van der Waals surface area contributed by atoms with E-state index in [0.717, 1.165) is 16.7 Å². The smallest absolute Gasteiger partial charge is 0.303 e. The van der Waals surface area contributed by atoms with Gasteiger partial charge in [0.25, 0.3) is 0 Å². The van der Waals surface area contributed by atoms with Crippen molar-refractivity contribution in [2.45, 2.75) is 31.9 Å². The van der Waals surface area contributed by atoms with Crippen LogP contribution in [0.2, 0.25) is 0 Å². The van der Waals surface area contributed by atoms with E-state index in [1.807, 2.05) is 30.3 Å². The van der Waals surface area contributed by atoms with Gasteiger partial charge in [0.15, 0.2) is 0 Å². The standard InChI is InChI=1S/C32H27F2NO4/c1-20(36)39-30(22-9-11-25(33)12-10-22)18-17-29-31(35(32(29)38)27-15-13-26(34)14-16-27)23-7-5-21(6-8-23)24-3-2-4-28(37)19-24/h2-16,19,29-31,37H,17-18H2,1H3/t29-,30?,31-/m1/s1. The van der Waals surface area contributed by atoms with Crippen LogP contribution in [0.25, 0.3) is 11.1 Å². The predicted octanol–water partition coefficient (Wildman–Crippen LogP) is 7.13. The number of β-lactam (4-membered cyclic amide) rings is 1. The first-order valence-corrected chi connectivity index (χ1v) is 12.7. The number of halogens is 2. The average molecular weight is 528 g/mol. The molecule has 1 saturated heterocycles. The number of rotatable bonds is 8. The van der Waals surface area contributed by atoms with E-state index in [9.17, 15) is 23.5 Å². The van der Waals surface area contributed by atoms with Crippen LogP contribution >= 0.6 is 0 Å². The Morgan fingerprint density at radius 3 is 2.15 bits per heavy atom. The zero-order valence-corrected chi connectivity index (χ0v) is 21.3. The molecular formula is C32H27F2NO4. The van der Waals surface area contributed by atoms with Gasteiger partial charge in [0.05, 0.1) is 12.0 Å². The van der Waals surface area contributed by atoms with Gasteiger partial charge in [0.2, 0.25) is 5.91 Å². The molecule has 198 valence electrons. The normalized spacial score (nSPS) is 17.4. The molecular weight excluding hydrogens is 500 g/mol. The van der Waals surface area contributed by atoms with Crippen LogP contribution in [0.15, 0.2) is 97.1 Å². The second kappa shape index (κ2) is 11.1. The van der Waals surface area contributed by atoms with Crippen LogP contribution in [0.5, 0.6) is 5.75 Å². The van der Waals surface area contributed by atoms with E-state index < -0.39 is 23.8 Å². The Morgan fingerprint density at radius 1 is 0.897 bits per heavy atom. The summed E-state index contributed by atoms with van der Waals surface area (Å²) < 4.78 is 32.6. The van der Waals surface area contributed by atoms with E-state index >= 15 is 0 Å². The number of phenols is 1. The van der Waals surface area contributed by atoms with Crippen LogP contribution < -0.4 is 4.90 Å². The van der Waals surface area contributed by atoms with Crippen LogP contribution in [0.3, 0.4) is 0 Å². The topological polar surface area (TPSA) is 66.8 Å². The van der Waals surface area contributed by atoms with Crippen molar-refractivity contribution in [3.05, 3.63) is 120 Å². The molecule has 3 atom stereocenters. The summed E-state index contributed by atoms with van der Waals surface area (Å²) >= 11 is 0. The fraction of sp³-hybridized carbons (Fsp3) is 0.188. The molecule has 0 bridgehead atoms. The van der Waals surface area contributed by atoms with E-state index in [2.05, 4.69) is 0 Å². The average Bonchev–Trinajstić information content (AvgIpc) is 2.92. The van der Waals surface area contributed by atoms with E-state index in [0.29, 0.717) is 24.1 Å². The number of carbonyl (C=O) groups excluding carboxylic acids is 2. The van der Waals surface area contributed by atoms with Crippen LogP contribution in [-0.4, -0.2) is 17.0 Å². The van der Waals surface area contributed by atoms with Gasteiger partial charge in [-0.3, -0.25) is 9.59 Å². The molecule has 0 aliphatic carbocycles. The Kier molecular flexibility index (Phi) is 7.41. The van der Waals surface area contributed by atoms with Crippen LogP contribution in [0.4, 0.5) is 14.5 Å². The van der Waals surface area contributed by atoms with Crippen LogP contribution in [0.1, 0.15) is 43.0 Å². The van der Waals surface area contributed by atoms with Crippen molar-refractivity contribution in [1.82, 2.24) is 0 Å². The second-order valence-corrected chi connectivity index (χ2v) is 9.64. The van der Waals surface area contributed by atoms with E-state index in [1.54, 1.807) is 47.4 Å². The molecule has 1 N–H and O–H groups in total. The van der Waals surface area contributed by atoms with Gasteiger partial charge in [-0.05, 0) is 83.6 Å². The Hall–Kier alpha value is -4.52. The lowest BCUT2D eigenvalue weighted by Gasteiger charge is -2.48. The zero-order chi connectivity index (χ0) is 27.5. The van der Waals surface area contributed by atoms with Crippen molar-refractivity contribution in [2.75, 3.05) is 4.90 Å². The highest BCUT2D eigenvalue weighted by molar-refractivity contribution is 6.03. The number of hydrogen-bond donors (Lipinski definition) is 1. The first-order chi connectivity index (χ1) is 18.8. The molecule has 0 aromatic heterocycles. The molecule has 7 heteroatoms.